The number of hydrogen-bond donors (Lipinski definition) is 0. The number of nitrogens with zero attached hydrogens (tertiary/aromatic N) is 1. The molecule has 2 atom stereocenters. The van der Waals surface area contributed by atoms with E-state index in [2.05, 4.69) is 4.89 Å². The Bertz CT molecular complexity index is 324. The van der Waals surface area contributed by atoms with Gasteiger partial charge in [0.1, 0.15) is 5.60 Å². The van der Waals surface area contributed by atoms with Gasteiger partial charge in [0.25, 0.3) is 0 Å². The Hall–Kier alpha value is -1.34. The summed E-state index contributed by atoms with van der Waals surface area (Å²) in [5.41, 5.74) is -0.660. The maximum absolute atomic E-state index is 11.7. The number of aliphatic carboxylic acids is 1. The van der Waals surface area contributed by atoms with E-state index in [9.17, 15) is 14.7 Å². The minimum absolute atomic E-state index is 0.140. The second-order valence-corrected chi connectivity index (χ2v) is 5.13. The van der Waals surface area contributed by atoms with Crippen molar-refractivity contribution in [3.05, 3.63) is 0 Å². The molecule has 1 aliphatic heterocycles. The van der Waals surface area contributed by atoms with E-state index in [0.29, 0.717) is 0 Å². The van der Waals surface area contributed by atoms with Gasteiger partial charge in [0.05, 0.1) is 24.7 Å². The van der Waals surface area contributed by atoms with Gasteiger partial charge in [-0.05, 0) is 20.8 Å². The van der Waals surface area contributed by atoms with Crippen LogP contribution in [0.2, 0.25) is 0 Å². The summed E-state index contributed by atoms with van der Waals surface area (Å²) in [5, 5.41) is 10.9. The Morgan fingerprint density at radius 1 is 1.33 bits per heavy atom. The van der Waals surface area contributed by atoms with Crippen LogP contribution in [0.3, 0.4) is 0 Å². The SMILES string of the molecule is CO[C@@H]1C[C@H](C(=O)[O-])N(C(=O)OOC(C)(C)C)C1. The van der Waals surface area contributed by atoms with Gasteiger partial charge in [-0.1, -0.05) is 0 Å². The quantitative estimate of drug-likeness (QED) is 0.511. The number of carbonyl (C=O) groups is 2. The van der Waals surface area contributed by atoms with E-state index in [1.54, 1.807) is 20.8 Å². The number of carboxylic acids is 1. The van der Waals surface area contributed by atoms with Crippen molar-refractivity contribution in [2.75, 3.05) is 13.7 Å². The predicted molar refractivity (Wildman–Crippen MR) is 58.2 cm³/mol. The van der Waals surface area contributed by atoms with Gasteiger partial charge in [-0.25, -0.2) is 4.79 Å². The molecule has 0 bridgehead atoms. The molecule has 0 unspecified atom stereocenters. The standard InChI is InChI=1S/C11H19NO6/c1-11(2,3)18-17-10(15)12-6-7(16-4)5-8(12)9(13)14/h7-8H,5-6H2,1-4H3,(H,13,14)/p-1/t7-,8-/m1/s1. The van der Waals surface area contributed by atoms with Crippen molar-refractivity contribution in [3.63, 3.8) is 0 Å². The van der Waals surface area contributed by atoms with Crippen LogP contribution in [0.15, 0.2) is 0 Å². The van der Waals surface area contributed by atoms with Crippen molar-refractivity contribution in [1.82, 2.24) is 4.90 Å². The van der Waals surface area contributed by atoms with Crippen LogP contribution in [0.25, 0.3) is 0 Å². The molecule has 0 aromatic carbocycles. The Morgan fingerprint density at radius 3 is 2.39 bits per heavy atom. The Morgan fingerprint density at radius 2 is 1.94 bits per heavy atom. The van der Waals surface area contributed by atoms with E-state index in [-0.39, 0.29) is 19.1 Å². The molecule has 1 saturated heterocycles. The lowest BCUT2D eigenvalue weighted by molar-refractivity contribution is -0.317. The molecule has 0 aliphatic carbocycles. The van der Waals surface area contributed by atoms with Crippen LogP contribution in [0, 0.1) is 0 Å². The first-order valence-electron chi connectivity index (χ1n) is 5.64. The summed E-state index contributed by atoms with van der Waals surface area (Å²) in [5.74, 6) is -1.33. The van der Waals surface area contributed by atoms with Crippen LogP contribution in [0.1, 0.15) is 27.2 Å². The normalized spacial score (nSPS) is 24.1. The Labute approximate surface area is 106 Å². The lowest BCUT2D eigenvalue weighted by Crippen LogP contribution is -2.47. The number of carbonyl (C=O) groups excluding carboxylic acids is 2. The smallest absolute Gasteiger partial charge is 0.441 e. The summed E-state index contributed by atoms with van der Waals surface area (Å²) in [4.78, 5) is 33.1. The molecule has 104 valence electrons. The zero-order valence-corrected chi connectivity index (χ0v) is 11.0. The Kier molecular flexibility index (Phi) is 4.53. The highest BCUT2D eigenvalue weighted by Crippen LogP contribution is 2.21. The van der Waals surface area contributed by atoms with Gasteiger partial charge >= 0.3 is 6.09 Å². The summed E-state index contributed by atoms with van der Waals surface area (Å²) >= 11 is 0. The first kappa shape index (κ1) is 14.7. The fourth-order valence-electron chi connectivity index (χ4n) is 1.60. The monoisotopic (exact) mass is 260 g/mol. The van der Waals surface area contributed by atoms with Crippen molar-refractivity contribution in [2.24, 2.45) is 0 Å². The third kappa shape index (κ3) is 3.85. The minimum atomic E-state index is -1.33. The fourth-order valence-corrected chi connectivity index (χ4v) is 1.60. The average molecular weight is 260 g/mol. The molecule has 0 saturated carbocycles. The predicted octanol–water partition coefficient (Wildman–Crippen LogP) is -0.308. The maximum atomic E-state index is 11.7. The molecule has 1 heterocycles. The summed E-state index contributed by atoms with van der Waals surface area (Å²) in [6.45, 7) is 5.26. The summed E-state index contributed by atoms with van der Waals surface area (Å²) < 4.78 is 5.04. The third-order valence-corrected chi connectivity index (χ3v) is 2.47. The first-order valence-corrected chi connectivity index (χ1v) is 5.64. The zero-order chi connectivity index (χ0) is 13.9. The molecule has 0 radical (unpaired) electrons. The minimum Gasteiger partial charge on any atom is -0.548 e. The van der Waals surface area contributed by atoms with E-state index in [1.807, 2.05) is 0 Å². The summed E-state index contributed by atoms with van der Waals surface area (Å²) in [7, 11) is 1.46. The molecule has 1 fully saturated rings. The number of likely N-dealkylation sites (tertiary alicyclic amines) is 1. The van der Waals surface area contributed by atoms with Gasteiger partial charge in [0, 0.05) is 13.5 Å². The molecule has 0 N–H and O–H groups in total. The number of rotatable bonds is 3. The number of carboxylic acid groups (broad SMARTS) is 1. The van der Waals surface area contributed by atoms with Crippen LogP contribution in [0.4, 0.5) is 4.79 Å². The molecule has 1 amide bonds. The van der Waals surface area contributed by atoms with E-state index >= 15 is 0 Å². The van der Waals surface area contributed by atoms with Crippen molar-refractivity contribution in [1.29, 1.82) is 0 Å². The van der Waals surface area contributed by atoms with Crippen LogP contribution < -0.4 is 5.11 Å². The molecule has 7 heteroatoms. The highest BCUT2D eigenvalue weighted by Gasteiger charge is 2.38. The maximum Gasteiger partial charge on any atom is 0.441 e. The zero-order valence-electron chi connectivity index (χ0n) is 11.0. The molecule has 18 heavy (non-hydrogen) atoms. The molecule has 0 aromatic heterocycles. The van der Waals surface area contributed by atoms with Crippen LogP contribution >= 0.6 is 0 Å². The van der Waals surface area contributed by atoms with Gasteiger partial charge in [-0.2, -0.15) is 4.89 Å². The molecular weight excluding hydrogens is 242 g/mol. The lowest BCUT2D eigenvalue weighted by atomic mass is 10.2. The van der Waals surface area contributed by atoms with Crippen LogP contribution in [0.5, 0.6) is 0 Å². The lowest BCUT2D eigenvalue weighted by Gasteiger charge is -2.25. The van der Waals surface area contributed by atoms with Crippen molar-refractivity contribution in [3.8, 4) is 0 Å². The summed E-state index contributed by atoms with van der Waals surface area (Å²) in [6, 6.07) is -1.05. The first-order chi connectivity index (χ1) is 8.24. The van der Waals surface area contributed by atoms with Gasteiger partial charge in [0.15, 0.2) is 0 Å². The van der Waals surface area contributed by atoms with Gasteiger partial charge in [0.2, 0.25) is 0 Å². The van der Waals surface area contributed by atoms with Gasteiger partial charge < -0.3 is 14.6 Å². The molecular formula is C11H18NO6-. The van der Waals surface area contributed by atoms with E-state index in [4.69, 9.17) is 9.62 Å². The van der Waals surface area contributed by atoms with Crippen LogP contribution in [-0.4, -0.2) is 48.4 Å². The molecule has 1 rings (SSSR count). The average Bonchev–Trinajstić information content (AvgIpc) is 2.69. The number of methoxy groups -OCH3 is 1. The second-order valence-electron chi connectivity index (χ2n) is 5.13. The summed E-state index contributed by atoms with van der Waals surface area (Å²) in [6.07, 6.45) is -1.00. The fraction of sp³-hybridized carbons (Fsp3) is 0.818. The Balaban J connectivity index is 2.62. The van der Waals surface area contributed by atoms with Crippen molar-refractivity contribution < 1.29 is 29.2 Å². The van der Waals surface area contributed by atoms with E-state index in [0.717, 1.165) is 4.90 Å². The second kappa shape index (κ2) is 5.53. The topological polar surface area (TPSA) is 88.1 Å². The van der Waals surface area contributed by atoms with Crippen molar-refractivity contribution >= 4 is 12.1 Å². The van der Waals surface area contributed by atoms with Crippen LogP contribution in [-0.2, 0) is 19.3 Å². The van der Waals surface area contributed by atoms with Gasteiger partial charge in [-0.3, -0.25) is 9.79 Å². The molecule has 1 aliphatic rings. The number of amides is 1. The largest absolute Gasteiger partial charge is 0.548 e. The number of ether oxygens (including phenoxy) is 1. The highest BCUT2D eigenvalue weighted by atomic mass is 17.2. The van der Waals surface area contributed by atoms with Crippen molar-refractivity contribution in [2.45, 2.75) is 44.9 Å². The third-order valence-electron chi connectivity index (χ3n) is 2.47. The molecule has 0 aromatic rings. The van der Waals surface area contributed by atoms with Gasteiger partial charge in [-0.15, -0.1) is 0 Å². The molecule has 7 nitrogen and oxygen atoms in total. The highest BCUT2D eigenvalue weighted by molar-refractivity contribution is 5.79. The number of hydrogen-bond acceptors (Lipinski definition) is 6. The van der Waals surface area contributed by atoms with E-state index < -0.39 is 23.7 Å². The molecule has 0 spiro atoms. The van der Waals surface area contributed by atoms with E-state index in [1.165, 1.54) is 7.11 Å².